The third-order valence-electron chi connectivity index (χ3n) is 4.50. The number of benzene rings is 1. The Labute approximate surface area is 116 Å². The van der Waals surface area contributed by atoms with Gasteiger partial charge < -0.3 is 15.0 Å². The summed E-state index contributed by atoms with van der Waals surface area (Å²) in [4.78, 5) is 4.34. The second-order valence-electron chi connectivity index (χ2n) is 5.98. The van der Waals surface area contributed by atoms with Crippen LogP contribution in [0.3, 0.4) is 0 Å². The summed E-state index contributed by atoms with van der Waals surface area (Å²) in [7, 11) is 1.48. The number of rotatable bonds is 4. The maximum absolute atomic E-state index is 13.8. The number of anilines is 1. The number of nitrogens with zero attached hydrogens (tertiary/aromatic N) is 2. The van der Waals surface area contributed by atoms with Gasteiger partial charge in [0.25, 0.3) is 0 Å². The predicted octanol–water partition coefficient (Wildman–Crippen LogP) is 3.13. The van der Waals surface area contributed by atoms with Crippen molar-refractivity contribution in [3.8, 4) is 5.75 Å². The van der Waals surface area contributed by atoms with E-state index in [9.17, 15) is 4.39 Å². The molecule has 2 fully saturated rings. The van der Waals surface area contributed by atoms with Gasteiger partial charge in [-0.25, -0.2) is 9.37 Å². The van der Waals surface area contributed by atoms with Crippen LogP contribution >= 0.6 is 0 Å². The first-order valence-electron chi connectivity index (χ1n) is 7.20. The van der Waals surface area contributed by atoms with Crippen molar-refractivity contribution in [2.24, 2.45) is 11.8 Å². The van der Waals surface area contributed by atoms with Gasteiger partial charge in [0, 0.05) is 18.2 Å². The molecule has 1 heterocycles. The van der Waals surface area contributed by atoms with Crippen molar-refractivity contribution in [1.29, 1.82) is 0 Å². The molecule has 1 aromatic heterocycles. The van der Waals surface area contributed by atoms with Crippen molar-refractivity contribution >= 4 is 17.0 Å². The van der Waals surface area contributed by atoms with E-state index in [1.54, 1.807) is 6.07 Å². The van der Waals surface area contributed by atoms with Gasteiger partial charge in [-0.2, -0.15) is 0 Å². The minimum Gasteiger partial charge on any atom is -0.494 e. The number of nitrogens with two attached hydrogens (primary N) is 1. The maximum atomic E-state index is 13.8. The molecule has 0 bridgehead atoms. The smallest absolute Gasteiger partial charge is 0.201 e. The summed E-state index contributed by atoms with van der Waals surface area (Å²) in [6, 6.07) is 3.57. The van der Waals surface area contributed by atoms with Crippen molar-refractivity contribution in [2.75, 3.05) is 12.8 Å². The van der Waals surface area contributed by atoms with Crippen molar-refractivity contribution in [2.45, 2.75) is 31.7 Å². The van der Waals surface area contributed by atoms with Crippen LogP contribution < -0.4 is 10.5 Å². The topological polar surface area (TPSA) is 53.1 Å². The summed E-state index contributed by atoms with van der Waals surface area (Å²) in [5.41, 5.74) is 7.63. The number of methoxy groups -OCH3 is 1. The van der Waals surface area contributed by atoms with Crippen molar-refractivity contribution in [1.82, 2.24) is 9.55 Å². The molecule has 0 amide bonds. The second-order valence-corrected chi connectivity index (χ2v) is 5.98. The van der Waals surface area contributed by atoms with E-state index >= 15 is 0 Å². The van der Waals surface area contributed by atoms with Gasteiger partial charge in [-0.05, 0) is 37.5 Å². The van der Waals surface area contributed by atoms with Gasteiger partial charge in [-0.15, -0.1) is 0 Å². The molecule has 5 heteroatoms. The Morgan fingerprint density at radius 2 is 1.95 bits per heavy atom. The molecule has 2 saturated carbocycles. The third kappa shape index (κ3) is 1.76. The molecular formula is C15H18FN3O. The Hall–Kier alpha value is -1.78. The second kappa shape index (κ2) is 4.11. The molecular weight excluding hydrogens is 257 g/mol. The van der Waals surface area contributed by atoms with Crippen LogP contribution in [0.4, 0.5) is 10.3 Å². The molecule has 2 aromatic rings. The quantitative estimate of drug-likeness (QED) is 0.932. The summed E-state index contributed by atoms with van der Waals surface area (Å²) < 4.78 is 21.0. The van der Waals surface area contributed by atoms with Gasteiger partial charge in [-0.3, -0.25) is 0 Å². The van der Waals surface area contributed by atoms with Gasteiger partial charge >= 0.3 is 0 Å². The number of imidazole rings is 1. The molecule has 0 aliphatic heterocycles. The highest BCUT2D eigenvalue weighted by Gasteiger charge is 2.43. The number of aromatic nitrogens is 2. The van der Waals surface area contributed by atoms with Gasteiger partial charge in [0.1, 0.15) is 0 Å². The van der Waals surface area contributed by atoms with E-state index < -0.39 is 0 Å². The summed E-state index contributed by atoms with van der Waals surface area (Å²) in [6.45, 7) is 0. The average Bonchev–Trinajstić information content (AvgIpc) is 3.30. The molecule has 0 saturated heterocycles. The maximum Gasteiger partial charge on any atom is 0.201 e. The molecule has 1 aromatic carbocycles. The highest BCUT2D eigenvalue weighted by molar-refractivity contribution is 5.80. The van der Waals surface area contributed by atoms with E-state index in [4.69, 9.17) is 10.5 Å². The number of hydrogen-bond acceptors (Lipinski definition) is 3. The fourth-order valence-corrected chi connectivity index (χ4v) is 3.27. The minimum absolute atomic E-state index is 0.254. The Kier molecular flexibility index (Phi) is 2.46. The van der Waals surface area contributed by atoms with E-state index in [-0.39, 0.29) is 11.6 Å². The van der Waals surface area contributed by atoms with Gasteiger partial charge in [0.15, 0.2) is 11.6 Å². The Morgan fingerprint density at radius 1 is 1.30 bits per heavy atom. The van der Waals surface area contributed by atoms with Gasteiger partial charge in [-0.1, -0.05) is 0 Å². The number of fused-ring (bicyclic) bond motifs is 1. The molecule has 0 unspecified atom stereocenters. The SMILES string of the molecule is COc1cc2c(cc1F)nc(N)n2C(C1CC1)C1CC1. The lowest BCUT2D eigenvalue weighted by molar-refractivity contribution is 0.385. The number of hydrogen-bond donors (Lipinski definition) is 1. The minimum atomic E-state index is -0.390. The standard InChI is InChI=1S/C15H18FN3O/c1-20-13-7-12-11(6-10(13)16)18-15(17)19(12)14(8-2-3-8)9-4-5-9/h6-9,14H,2-5H2,1H3,(H2,17,18). The summed E-state index contributed by atoms with van der Waals surface area (Å²) in [5.74, 6) is 1.77. The van der Waals surface area contributed by atoms with Crippen LogP contribution in [0.2, 0.25) is 0 Å². The average molecular weight is 275 g/mol. The van der Waals surface area contributed by atoms with Crippen LogP contribution in [0, 0.1) is 17.7 Å². The molecule has 2 aliphatic rings. The molecule has 106 valence electrons. The van der Waals surface area contributed by atoms with Crippen LogP contribution in [-0.4, -0.2) is 16.7 Å². The number of halogens is 1. The molecule has 2 N–H and O–H groups in total. The van der Waals surface area contributed by atoms with Crippen LogP contribution in [0.15, 0.2) is 12.1 Å². The fraction of sp³-hybridized carbons (Fsp3) is 0.533. The molecule has 4 nitrogen and oxygen atoms in total. The molecule has 0 radical (unpaired) electrons. The summed E-state index contributed by atoms with van der Waals surface area (Å²) in [5, 5.41) is 0. The molecule has 0 spiro atoms. The van der Waals surface area contributed by atoms with Crippen molar-refractivity contribution in [3.05, 3.63) is 17.9 Å². The molecule has 0 atom stereocenters. The fourth-order valence-electron chi connectivity index (χ4n) is 3.27. The van der Waals surface area contributed by atoms with E-state index in [0.29, 0.717) is 29.3 Å². The first-order chi connectivity index (χ1) is 9.69. The normalized spacial score (nSPS) is 18.9. The first kappa shape index (κ1) is 12.0. The van der Waals surface area contributed by atoms with E-state index in [1.807, 2.05) is 0 Å². The van der Waals surface area contributed by atoms with Gasteiger partial charge in [0.2, 0.25) is 5.95 Å². The number of nitrogen functional groups attached to an aromatic ring is 1. The van der Waals surface area contributed by atoms with E-state index in [2.05, 4.69) is 9.55 Å². The third-order valence-corrected chi connectivity index (χ3v) is 4.50. The summed E-state index contributed by atoms with van der Waals surface area (Å²) >= 11 is 0. The molecule has 20 heavy (non-hydrogen) atoms. The predicted molar refractivity (Wildman–Crippen MR) is 75.1 cm³/mol. The molecule has 2 aliphatic carbocycles. The highest BCUT2D eigenvalue weighted by Crippen LogP contribution is 2.53. The van der Waals surface area contributed by atoms with Gasteiger partial charge in [0.05, 0.1) is 18.1 Å². The lowest BCUT2D eigenvalue weighted by atomic mass is 10.1. The lowest BCUT2D eigenvalue weighted by Gasteiger charge is -2.20. The zero-order chi connectivity index (χ0) is 13.9. The van der Waals surface area contributed by atoms with Crippen LogP contribution in [-0.2, 0) is 0 Å². The van der Waals surface area contributed by atoms with Crippen LogP contribution in [0.5, 0.6) is 5.75 Å². The highest BCUT2D eigenvalue weighted by atomic mass is 19.1. The Morgan fingerprint density at radius 3 is 2.50 bits per heavy atom. The van der Waals surface area contributed by atoms with Crippen molar-refractivity contribution in [3.63, 3.8) is 0 Å². The molecule has 4 rings (SSSR count). The largest absolute Gasteiger partial charge is 0.494 e. The zero-order valence-corrected chi connectivity index (χ0v) is 11.5. The summed E-state index contributed by atoms with van der Waals surface area (Å²) in [6.07, 6.45) is 5.05. The first-order valence-corrected chi connectivity index (χ1v) is 7.20. The van der Waals surface area contributed by atoms with Crippen LogP contribution in [0.1, 0.15) is 31.7 Å². The van der Waals surface area contributed by atoms with Crippen molar-refractivity contribution < 1.29 is 9.13 Å². The van der Waals surface area contributed by atoms with Crippen LogP contribution in [0.25, 0.3) is 11.0 Å². The number of ether oxygens (including phenoxy) is 1. The zero-order valence-electron chi connectivity index (χ0n) is 11.5. The lowest BCUT2D eigenvalue weighted by Crippen LogP contribution is -2.15. The Bertz CT molecular complexity index is 661. The Balaban J connectivity index is 1.90. The van der Waals surface area contributed by atoms with E-state index in [0.717, 1.165) is 5.52 Å². The van der Waals surface area contributed by atoms with E-state index in [1.165, 1.54) is 38.9 Å². The monoisotopic (exact) mass is 275 g/mol.